The zero-order valence-corrected chi connectivity index (χ0v) is 39.2. The maximum absolute atomic E-state index is 12.7. The number of allylic oxidation sites excluding steroid dienone is 3. The minimum atomic E-state index is -4.59. The first-order valence-electron chi connectivity index (χ1n) is 24.2. The molecule has 0 heterocycles. The molecule has 0 saturated heterocycles. The minimum Gasteiger partial charge on any atom is -0.756 e. The number of hydrogen-bond donors (Lipinski definition) is 2. The van der Waals surface area contributed by atoms with Crippen molar-refractivity contribution in [3.63, 3.8) is 0 Å². The van der Waals surface area contributed by atoms with Crippen LogP contribution in [0.4, 0.5) is 0 Å². The quantitative estimate of drug-likeness (QED) is 0.0274. The molecule has 338 valence electrons. The van der Waals surface area contributed by atoms with Gasteiger partial charge in [0.2, 0.25) is 5.91 Å². The van der Waals surface area contributed by atoms with Crippen LogP contribution in [0.15, 0.2) is 24.3 Å². The topological polar surface area (TPSA) is 108 Å². The van der Waals surface area contributed by atoms with Gasteiger partial charge in [-0.1, -0.05) is 212 Å². The van der Waals surface area contributed by atoms with Crippen molar-refractivity contribution in [1.82, 2.24) is 5.32 Å². The lowest BCUT2D eigenvalue weighted by molar-refractivity contribution is -0.870. The Morgan fingerprint density at radius 1 is 0.596 bits per heavy atom. The number of phosphoric ester groups is 1. The summed E-state index contributed by atoms with van der Waals surface area (Å²) >= 11 is 0. The predicted molar refractivity (Wildman–Crippen MR) is 242 cm³/mol. The maximum atomic E-state index is 12.7. The molecule has 0 bridgehead atoms. The van der Waals surface area contributed by atoms with Gasteiger partial charge in [-0.2, -0.15) is 0 Å². The lowest BCUT2D eigenvalue weighted by Gasteiger charge is -2.29. The number of phosphoric acid groups is 1. The van der Waals surface area contributed by atoms with Gasteiger partial charge in [0.15, 0.2) is 0 Å². The second-order valence-corrected chi connectivity index (χ2v) is 19.2. The number of rotatable bonds is 44. The molecule has 0 aromatic heterocycles. The summed E-state index contributed by atoms with van der Waals surface area (Å²) in [6.07, 6.45) is 48.4. The van der Waals surface area contributed by atoms with Crippen molar-refractivity contribution >= 4 is 13.7 Å². The number of hydrogen-bond acceptors (Lipinski definition) is 6. The van der Waals surface area contributed by atoms with E-state index in [2.05, 4.69) is 31.3 Å². The van der Waals surface area contributed by atoms with E-state index in [4.69, 9.17) is 9.05 Å². The largest absolute Gasteiger partial charge is 0.756 e. The molecule has 0 radical (unpaired) electrons. The monoisotopic (exact) mass is 827 g/mol. The van der Waals surface area contributed by atoms with Crippen LogP contribution in [0.1, 0.15) is 226 Å². The lowest BCUT2D eigenvalue weighted by atomic mass is 10.0. The van der Waals surface area contributed by atoms with E-state index in [1.807, 2.05) is 27.2 Å². The molecule has 3 atom stereocenters. The number of quaternary nitrogens is 1. The zero-order valence-electron chi connectivity index (χ0n) is 38.3. The van der Waals surface area contributed by atoms with Crippen LogP contribution in [0.2, 0.25) is 0 Å². The number of aliphatic hydroxyl groups excluding tert-OH is 1. The second kappa shape index (κ2) is 40.4. The summed E-state index contributed by atoms with van der Waals surface area (Å²) in [5.74, 6) is -0.211. The smallest absolute Gasteiger partial charge is 0.268 e. The van der Waals surface area contributed by atoms with E-state index in [-0.39, 0.29) is 19.1 Å². The summed E-state index contributed by atoms with van der Waals surface area (Å²) in [5, 5.41) is 13.7. The van der Waals surface area contributed by atoms with Gasteiger partial charge in [0.25, 0.3) is 7.82 Å². The normalized spacial score (nSPS) is 14.4. The third kappa shape index (κ3) is 42.9. The Labute approximate surface area is 354 Å². The molecule has 8 nitrogen and oxygen atoms in total. The average molecular weight is 827 g/mol. The number of unbranched alkanes of at least 4 members (excludes halogenated alkanes) is 29. The lowest BCUT2D eigenvalue weighted by Crippen LogP contribution is -2.45. The van der Waals surface area contributed by atoms with Crippen molar-refractivity contribution in [3.8, 4) is 0 Å². The molecule has 9 heteroatoms. The summed E-state index contributed by atoms with van der Waals surface area (Å²) in [6.45, 7) is 4.60. The number of carbonyl (C=O) groups excluding carboxylic acids is 1. The standard InChI is InChI=1S/C48H95N2O6P/c1-6-8-10-12-14-16-17-18-19-20-21-22-23-24-25-26-27-28-29-30-31-32-33-34-35-37-39-41-47(51)46(45-56-57(53,54)55-44-43-50(3,4)5)49-48(52)42-40-38-36-15-13-11-9-7-2/h33-34,39,41,46-47,51H,6-32,35-38,40,42-45H2,1-5H3,(H-,49,52,53,54)/b34-33+,41-39+. The van der Waals surface area contributed by atoms with Crippen molar-refractivity contribution in [3.05, 3.63) is 24.3 Å². The van der Waals surface area contributed by atoms with Crippen LogP contribution >= 0.6 is 7.82 Å². The van der Waals surface area contributed by atoms with E-state index in [1.54, 1.807) is 6.08 Å². The highest BCUT2D eigenvalue weighted by Gasteiger charge is 2.23. The Kier molecular flexibility index (Phi) is 39.7. The highest BCUT2D eigenvalue weighted by molar-refractivity contribution is 7.45. The summed E-state index contributed by atoms with van der Waals surface area (Å²) in [4.78, 5) is 25.2. The van der Waals surface area contributed by atoms with Gasteiger partial charge in [-0.05, 0) is 32.1 Å². The first-order valence-corrected chi connectivity index (χ1v) is 25.7. The number of likely N-dealkylation sites (N-methyl/N-ethyl adjacent to an activating group) is 1. The van der Waals surface area contributed by atoms with Gasteiger partial charge in [-0.15, -0.1) is 0 Å². The number of carbonyl (C=O) groups is 1. The van der Waals surface area contributed by atoms with Crippen LogP contribution < -0.4 is 10.2 Å². The van der Waals surface area contributed by atoms with Crippen LogP contribution in [0, 0.1) is 0 Å². The van der Waals surface area contributed by atoms with Gasteiger partial charge < -0.3 is 28.8 Å². The van der Waals surface area contributed by atoms with E-state index in [0.717, 1.165) is 38.5 Å². The average Bonchev–Trinajstić information content (AvgIpc) is 3.16. The first kappa shape index (κ1) is 56.0. The molecular formula is C48H95N2O6P. The van der Waals surface area contributed by atoms with Gasteiger partial charge >= 0.3 is 0 Å². The van der Waals surface area contributed by atoms with Crippen molar-refractivity contribution in [2.45, 2.75) is 238 Å². The molecule has 57 heavy (non-hydrogen) atoms. The third-order valence-corrected chi connectivity index (χ3v) is 11.9. The summed E-state index contributed by atoms with van der Waals surface area (Å²) in [5.41, 5.74) is 0. The van der Waals surface area contributed by atoms with Crippen LogP contribution in [0.3, 0.4) is 0 Å². The van der Waals surface area contributed by atoms with Crippen LogP contribution in [-0.4, -0.2) is 68.5 Å². The molecule has 0 aliphatic heterocycles. The van der Waals surface area contributed by atoms with Gasteiger partial charge in [0.1, 0.15) is 13.2 Å². The Morgan fingerprint density at radius 3 is 1.42 bits per heavy atom. The molecule has 3 unspecified atom stereocenters. The van der Waals surface area contributed by atoms with Gasteiger partial charge in [0.05, 0.1) is 39.9 Å². The van der Waals surface area contributed by atoms with E-state index >= 15 is 0 Å². The molecule has 0 aromatic rings. The number of nitrogens with zero attached hydrogens (tertiary/aromatic N) is 1. The fourth-order valence-corrected chi connectivity index (χ4v) is 7.77. The Balaban J connectivity index is 4.15. The van der Waals surface area contributed by atoms with Crippen LogP contribution in [0.5, 0.6) is 0 Å². The highest BCUT2D eigenvalue weighted by Crippen LogP contribution is 2.38. The van der Waals surface area contributed by atoms with Gasteiger partial charge in [0, 0.05) is 6.42 Å². The third-order valence-electron chi connectivity index (χ3n) is 10.9. The molecule has 0 aliphatic carbocycles. The Bertz CT molecular complexity index is 984. The summed E-state index contributed by atoms with van der Waals surface area (Å²) < 4.78 is 23.1. The second-order valence-electron chi connectivity index (χ2n) is 17.8. The molecule has 0 spiro atoms. The molecular weight excluding hydrogens is 732 g/mol. The van der Waals surface area contributed by atoms with Crippen molar-refractivity contribution < 1.29 is 32.9 Å². The van der Waals surface area contributed by atoms with Crippen molar-refractivity contribution in [1.29, 1.82) is 0 Å². The predicted octanol–water partition coefficient (Wildman–Crippen LogP) is 13.1. The SMILES string of the molecule is CCCCCCCCCCCCCCCCCCCCCCC/C=C/CC/C=C/C(O)C(COP(=O)([O-])OCC[N+](C)(C)C)NC(=O)CCCCCCCCCC. The van der Waals surface area contributed by atoms with Crippen LogP contribution in [0.25, 0.3) is 0 Å². The van der Waals surface area contributed by atoms with Gasteiger partial charge in [-0.25, -0.2) is 0 Å². The maximum Gasteiger partial charge on any atom is 0.268 e. The Hall–Kier alpha value is -1.02. The highest BCUT2D eigenvalue weighted by atomic mass is 31.2. The van der Waals surface area contributed by atoms with Crippen molar-refractivity contribution in [2.24, 2.45) is 0 Å². The van der Waals surface area contributed by atoms with E-state index in [0.29, 0.717) is 17.4 Å². The number of nitrogens with one attached hydrogen (secondary N) is 1. The molecule has 0 saturated carbocycles. The van der Waals surface area contributed by atoms with Crippen LogP contribution in [-0.2, 0) is 18.4 Å². The van der Waals surface area contributed by atoms with Crippen molar-refractivity contribution in [2.75, 3.05) is 40.9 Å². The number of aliphatic hydroxyl groups is 1. The molecule has 0 rings (SSSR count). The zero-order chi connectivity index (χ0) is 42.1. The molecule has 0 aliphatic rings. The first-order chi connectivity index (χ1) is 27.5. The van der Waals surface area contributed by atoms with E-state index in [1.165, 1.54) is 167 Å². The molecule has 0 aromatic carbocycles. The Morgan fingerprint density at radius 2 is 0.982 bits per heavy atom. The minimum absolute atomic E-state index is 0.00463. The van der Waals surface area contributed by atoms with E-state index < -0.39 is 20.0 Å². The van der Waals surface area contributed by atoms with E-state index in [9.17, 15) is 19.4 Å². The summed E-state index contributed by atoms with van der Waals surface area (Å²) in [7, 11) is 1.25. The molecule has 2 N–H and O–H groups in total. The van der Waals surface area contributed by atoms with Gasteiger partial charge in [-0.3, -0.25) is 9.36 Å². The molecule has 1 amide bonds. The number of amides is 1. The fraction of sp³-hybridized carbons (Fsp3) is 0.896. The molecule has 0 fully saturated rings. The fourth-order valence-electron chi connectivity index (χ4n) is 7.05. The summed E-state index contributed by atoms with van der Waals surface area (Å²) in [6, 6.07) is -0.897.